The standard InChI is InChI=1S/C9H12ClNO3S/c1-7(6-12)11-15(13,14)9-4-2-8(10)3-5-9/h2-5,7,11-12H,6H2,1H3/t7-/m0/s1. The average molecular weight is 250 g/mol. The summed E-state index contributed by atoms with van der Waals surface area (Å²) in [7, 11) is -3.56. The first-order valence-corrected chi connectivity index (χ1v) is 6.20. The molecule has 2 N–H and O–H groups in total. The smallest absolute Gasteiger partial charge is 0.240 e. The summed E-state index contributed by atoms with van der Waals surface area (Å²) in [5.74, 6) is 0. The number of sulfonamides is 1. The summed E-state index contributed by atoms with van der Waals surface area (Å²) in [6.45, 7) is 1.33. The molecule has 0 spiro atoms. The zero-order valence-corrected chi connectivity index (χ0v) is 9.72. The van der Waals surface area contributed by atoms with Crippen molar-refractivity contribution in [2.75, 3.05) is 6.61 Å². The third kappa shape index (κ3) is 3.46. The minimum Gasteiger partial charge on any atom is -0.395 e. The second kappa shape index (κ2) is 4.94. The molecule has 0 fully saturated rings. The predicted molar refractivity (Wildman–Crippen MR) is 58.3 cm³/mol. The van der Waals surface area contributed by atoms with E-state index in [1.54, 1.807) is 6.92 Å². The fourth-order valence-corrected chi connectivity index (χ4v) is 2.34. The summed E-state index contributed by atoms with van der Waals surface area (Å²) in [4.78, 5) is 0.132. The first-order chi connectivity index (χ1) is 6.95. The molecule has 15 heavy (non-hydrogen) atoms. The fourth-order valence-electron chi connectivity index (χ4n) is 0.984. The molecule has 0 aliphatic carbocycles. The molecule has 0 unspecified atom stereocenters. The minimum atomic E-state index is -3.56. The van der Waals surface area contributed by atoms with Crippen LogP contribution in [0.5, 0.6) is 0 Å². The van der Waals surface area contributed by atoms with Crippen LogP contribution in [0, 0.1) is 0 Å². The first-order valence-electron chi connectivity index (χ1n) is 4.34. The molecule has 4 nitrogen and oxygen atoms in total. The van der Waals surface area contributed by atoms with Crippen LogP contribution in [-0.2, 0) is 10.0 Å². The van der Waals surface area contributed by atoms with Gasteiger partial charge in [0.1, 0.15) is 0 Å². The number of aliphatic hydroxyl groups is 1. The maximum atomic E-state index is 11.6. The molecule has 0 saturated heterocycles. The van der Waals surface area contributed by atoms with Crippen LogP contribution < -0.4 is 4.72 Å². The van der Waals surface area contributed by atoms with Gasteiger partial charge in [0.25, 0.3) is 0 Å². The van der Waals surface area contributed by atoms with Crippen molar-refractivity contribution >= 4 is 21.6 Å². The summed E-state index contributed by atoms with van der Waals surface area (Å²) < 4.78 is 25.6. The second-order valence-electron chi connectivity index (χ2n) is 3.16. The molecule has 0 heterocycles. The lowest BCUT2D eigenvalue weighted by molar-refractivity contribution is 0.265. The molecule has 1 atom stereocenters. The van der Waals surface area contributed by atoms with E-state index in [1.807, 2.05) is 0 Å². The van der Waals surface area contributed by atoms with Crippen molar-refractivity contribution in [3.8, 4) is 0 Å². The molecule has 1 aromatic carbocycles. The normalized spacial score (nSPS) is 13.8. The van der Waals surface area contributed by atoms with E-state index >= 15 is 0 Å². The molecule has 0 aliphatic heterocycles. The lowest BCUT2D eigenvalue weighted by Crippen LogP contribution is -2.34. The van der Waals surface area contributed by atoms with Crippen LogP contribution in [0.2, 0.25) is 5.02 Å². The molecule has 6 heteroatoms. The summed E-state index contributed by atoms with van der Waals surface area (Å²) >= 11 is 5.64. The van der Waals surface area contributed by atoms with Crippen molar-refractivity contribution in [1.82, 2.24) is 4.72 Å². The van der Waals surface area contributed by atoms with Crippen LogP contribution in [-0.4, -0.2) is 26.2 Å². The SMILES string of the molecule is C[C@@H](CO)NS(=O)(=O)c1ccc(Cl)cc1. The monoisotopic (exact) mass is 249 g/mol. The molecule has 0 amide bonds. The van der Waals surface area contributed by atoms with Crippen LogP contribution in [0.1, 0.15) is 6.92 Å². The van der Waals surface area contributed by atoms with Crippen LogP contribution in [0.3, 0.4) is 0 Å². The highest BCUT2D eigenvalue weighted by atomic mass is 35.5. The summed E-state index contributed by atoms with van der Waals surface area (Å²) in [5, 5.41) is 9.22. The number of hydrogen-bond donors (Lipinski definition) is 2. The van der Waals surface area contributed by atoms with Gasteiger partial charge < -0.3 is 5.11 Å². The van der Waals surface area contributed by atoms with Gasteiger partial charge in [-0.05, 0) is 31.2 Å². The van der Waals surface area contributed by atoms with Crippen molar-refractivity contribution in [3.63, 3.8) is 0 Å². The van der Waals surface area contributed by atoms with Crippen molar-refractivity contribution < 1.29 is 13.5 Å². The van der Waals surface area contributed by atoms with E-state index in [2.05, 4.69) is 4.72 Å². The molecule has 84 valence electrons. The highest BCUT2D eigenvalue weighted by Crippen LogP contribution is 2.13. The fraction of sp³-hybridized carbons (Fsp3) is 0.333. The van der Waals surface area contributed by atoms with E-state index in [0.29, 0.717) is 5.02 Å². The molecule has 0 aliphatic rings. The van der Waals surface area contributed by atoms with E-state index in [4.69, 9.17) is 16.7 Å². The maximum absolute atomic E-state index is 11.6. The van der Waals surface area contributed by atoms with Gasteiger partial charge in [-0.2, -0.15) is 0 Å². The lowest BCUT2D eigenvalue weighted by atomic mass is 10.4. The number of benzene rings is 1. The molecule has 1 aromatic rings. The average Bonchev–Trinajstić information content (AvgIpc) is 2.17. The highest BCUT2D eigenvalue weighted by Gasteiger charge is 2.16. The van der Waals surface area contributed by atoms with Gasteiger partial charge in [-0.3, -0.25) is 0 Å². The number of rotatable bonds is 4. The third-order valence-electron chi connectivity index (χ3n) is 1.75. The Morgan fingerprint density at radius 1 is 1.40 bits per heavy atom. The Kier molecular flexibility index (Phi) is 4.10. The van der Waals surface area contributed by atoms with Gasteiger partial charge in [-0.25, -0.2) is 13.1 Å². The van der Waals surface area contributed by atoms with Crippen molar-refractivity contribution in [3.05, 3.63) is 29.3 Å². The van der Waals surface area contributed by atoms with E-state index < -0.39 is 16.1 Å². The van der Waals surface area contributed by atoms with Gasteiger partial charge in [0.15, 0.2) is 0 Å². The Labute approximate surface area is 93.9 Å². The van der Waals surface area contributed by atoms with E-state index in [-0.39, 0.29) is 11.5 Å². The predicted octanol–water partition coefficient (Wildman–Crippen LogP) is 0.999. The molecule has 1 rings (SSSR count). The quantitative estimate of drug-likeness (QED) is 0.837. The van der Waals surface area contributed by atoms with Crippen LogP contribution in [0.25, 0.3) is 0 Å². The Morgan fingerprint density at radius 3 is 2.40 bits per heavy atom. The minimum absolute atomic E-state index is 0.132. The van der Waals surface area contributed by atoms with Gasteiger partial charge in [-0.15, -0.1) is 0 Å². The molecule has 0 radical (unpaired) electrons. The Morgan fingerprint density at radius 2 is 1.93 bits per heavy atom. The van der Waals surface area contributed by atoms with Gasteiger partial charge in [0.05, 0.1) is 11.5 Å². The van der Waals surface area contributed by atoms with Crippen LogP contribution in [0.4, 0.5) is 0 Å². The van der Waals surface area contributed by atoms with Crippen molar-refractivity contribution in [2.24, 2.45) is 0 Å². The van der Waals surface area contributed by atoms with Crippen molar-refractivity contribution in [1.29, 1.82) is 0 Å². The number of aliphatic hydroxyl groups excluding tert-OH is 1. The summed E-state index contributed by atoms with van der Waals surface area (Å²) in [5.41, 5.74) is 0. The molecule has 0 saturated carbocycles. The van der Waals surface area contributed by atoms with E-state index in [0.717, 1.165) is 0 Å². The second-order valence-corrected chi connectivity index (χ2v) is 5.31. The van der Waals surface area contributed by atoms with Gasteiger partial charge in [0.2, 0.25) is 10.0 Å². The number of hydrogen-bond acceptors (Lipinski definition) is 3. The van der Waals surface area contributed by atoms with Gasteiger partial charge in [-0.1, -0.05) is 11.6 Å². The Balaban J connectivity index is 2.91. The number of halogens is 1. The zero-order valence-electron chi connectivity index (χ0n) is 8.14. The Hall–Kier alpha value is -0.620. The lowest BCUT2D eigenvalue weighted by Gasteiger charge is -2.11. The van der Waals surface area contributed by atoms with Crippen LogP contribution >= 0.6 is 11.6 Å². The van der Waals surface area contributed by atoms with Gasteiger partial charge >= 0.3 is 0 Å². The van der Waals surface area contributed by atoms with E-state index in [1.165, 1.54) is 24.3 Å². The van der Waals surface area contributed by atoms with Gasteiger partial charge in [0, 0.05) is 11.1 Å². The highest BCUT2D eigenvalue weighted by molar-refractivity contribution is 7.89. The van der Waals surface area contributed by atoms with Crippen molar-refractivity contribution in [2.45, 2.75) is 17.9 Å². The molecular formula is C9H12ClNO3S. The third-order valence-corrected chi connectivity index (χ3v) is 3.61. The summed E-state index contributed by atoms with van der Waals surface area (Å²) in [6, 6.07) is 5.31. The maximum Gasteiger partial charge on any atom is 0.240 e. The first kappa shape index (κ1) is 12.4. The van der Waals surface area contributed by atoms with E-state index in [9.17, 15) is 8.42 Å². The molecule has 0 bridgehead atoms. The number of nitrogens with one attached hydrogen (secondary N) is 1. The topological polar surface area (TPSA) is 66.4 Å². The largest absolute Gasteiger partial charge is 0.395 e. The molecule has 0 aromatic heterocycles. The molecular weight excluding hydrogens is 238 g/mol. The zero-order chi connectivity index (χ0) is 11.5. The Bertz CT molecular complexity index is 415. The summed E-state index contributed by atoms with van der Waals surface area (Å²) in [6.07, 6.45) is 0. The van der Waals surface area contributed by atoms with Crippen LogP contribution in [0.15, 0.2) is 29.2 Å².